The topological polar surface area (TPSA) is 30.2 Å². The predicted octanol–water partition coefficient (Wildman–Crippen LogP) is 14.3. The van der Waals surface area contributed by atoms with Gasteiger partial charge in [0.15, 0.2) is 0 Å². The van der Waals surface area contributed by atoms with E-state index in [2.05, 4.69) is 192 Å². The van der Waals surface area contributed by atoms with E-state index in [-0.39, 0.29) is 0 Å². The number of para-hydroxylation sites is 3. The molecule has 3 nitrogen and oxygen atoms in total. The molecule has 0 amide bonds. The fourth-order valence-corrected chi connectivity index (χ4v) is 9.05. The van der Waals surface area contributed by atoms with Gasteiger partial charge in [-0.3, -0.25) is 4.40 Å². The van der Waals surface area contributed by atoms with E-state index in [1.807, 2.05) is 12.1 Å². The maximum atomic E-state index is 5.28. The summed E-state index contributed by atoms with van der Waals surface area (Å²) in [5.41, 5.74) is 12.1. The first-order valence-electron chi connectivity index (χ1n) is 19.5. The Bertz CT molecular complexity index is 3590. The van der Waals surface area contributed by atoms with Crippen LogP contribution in [-0.4, -0.2) is 14.4 Å². The molecule has 2 heterocycles. The number of rotatable bonds is 4. The molecule has 0 atom stereocenters. The summed E-state index contributed by atoms with van der Waals surface area (Å²) in [5.74, 6) is 0.876. The van der Waals surface area contributed by atoms with Crippen LogP contribution in [0.2, 0.25) is 0 Å². The Morgan fingerprint density at radius 1 is 0.298 bits per heavy atom. The van der Waals surface area contributed by atoms with Crippen molar-refractivity contribution >= 4 is 70.7 Å². The molecular weight excluding hydrogens is 691 g/mol. The Kier molecular flexibility index (Phi) is 6.93. The van der Waals surface area contributed by atoms with E-state index in [1.54, 1.807) is 0 Å². The van der Waals surface area contributed by atoms with Gasteiger partial charge in [0, 0.05) is 10.9 Å². The highest BCUT2D eigenvalue weighted by atomic mass is 15.1. The van der Waals surface area contributed by atoms with Crippen molar-refractivity contribution in [2.75, 3.05) is 0 Å². The molecule has 2 aromatic heterocycles. The Balaban J connectivity index is 1.13. The summed E-state index contributed by atoms with van der Waals surface area (Å²) in [5, 5.41) is 10.9. The summed E-state index contributed by atoms with van der Waals surface area (Å²) in [6.07, 6.45) is 0. The fourth-order valence-electron chi connectivity index (χ4n) is 9.05. The number of benzene rings is 10. The molecular formula is C54H33N3. The lowest BCUT2D eigenvalue weighted by Crippen LogP contribution is -1.98. The summed E-state index contributed by atoms with van der Waals surface area (Å²) in [6.45, 7) is 0. The third-order valence-corrected chi connectivity index (χ3v) is 11.7. The van der Waals surface area contributed by atoms with Crippen molar-refractivity contribution in [3.63, 3.8) is 0 Å². The van der Waals surface area contributed by atoms with Crippen molar-refractivity contribution in [1.82, 2.24) is 14.4 Å². The van der Waals surface area contributed by atoms with E-state index in [4.69, 9.17) is 9.97 Å². The van der Waals surface area contributed by atoms with Crippen LogP contribution in [0.15, 0.2) is 200 Å². The van der Waals surface area contributed by atoms with E-state index in [0.717, 1.165) is 50.1 Å². The molecule has 0 radical (unpaired) electrons. The summed E-state index contributed by atoms with van der Waals surface area (Å²) in [6, 6.07) is 72.5. The first kappa shape index (κ1) is 31.7. The zero-order valence-electron chi connectivity index (χ0n) is 30.9. The Hall–Kier alpha value is -7.62. The SMILES string of the molecule is c1cc(-c2ccc3c(-c4ccc5ccccc5c4)c4ccccc4c(-c4ccc5ccccc5c4)c3c2)cc(-c2nc3ccccc3c3nc4ccccc4n23)c1. The molecule has 264 valence electrons. The molecule has 0 fully saturated rings. The van der Waals surface area contributed by atoms with E-state index in [1.165, 1.54) is 65.3 Å². The third-order valence-electron chi connectivity index (χ3n) is 11.7. The van der Waals surface area contributed by atoms with Gasteiger partial charge in [-0.1, -0.05) is 152 Å². The number of hydrogen-bond donors (Lipinski definition) is 0. The molecule has 3 heteroatoms. The lowest BCUT2D eigenvalue weighted by Gasteiger charge is -2.19. The van der Waals surface area contributed by atoms with Crippen LogP contribution in [0.5, 0.6) is 0 Å². The van der Waals surface area contributed by atoms with E-state index in [9.17, 15) is 0 Å². The van der Waals surface area contributed by atoms with Crippen LogP contribution in [-0.2, 0) is 0 Å². The van der Waals surface area contributed by atoms with Gasteiger partial charge in [-0.05, 0) is 125 Å². The van der Waals surface area contributed by atoms with E-state index < -0.39 is 0 Å². The van der Waals surface area contributed by atoms with Gasteiger partial charge in [-0.2, -0.15) is 0 Å². The second-order valence-corrected chi connectivity index (χ2v) is 15.0. The van der Waals surface area contributed by atoms with Crippen LogP contribution >= 0.6 is 0 Å². The molecule has 0 aliphatic carbocycles. The van der Waals surface area contributed by atoms with Gasteiger partial charge in [0.05, 0.1) is 16.6 Å². The molecule has 0 bridgehead atoms. The van der Waals surface area contributed by atoms with Crippen LogP contribution in [0.4, 0.5) is 0 Å². The molecule has 12 aromatic rings. The average Bonchev–Trinajstić information content (AvgIpc) is 3.68. The van der Waals surface area contributed by atoms with Crippen LogP contribution in [0.1, 0.15) is 0 Å². The second kappa shape index (κ2) is 12.5. The third kappa shape index (κ3) is 4.99. The molecule has 0 aliphatic heterocycles. The van der Waals surface area contributed by atoms with Crippen LogP contribution in [0.25, 0.3) is 115 Å². The van der Waals surface area contributed by atoms with Crippen LogP contribution < -0.4 is 0 Å². The minimum atomic E-state index is 0.876. The van der Waals surface area contributed by atoms with E-state index >= 15 is 0 Å². The summed E-state index contributed by atoms with van der Waals surface area (Å²) in [4.78, 5) is 10.4. The molecule has 0 spiro atoms. The standard InChI is InChI=1S/C54H33N3/c1-3-14-36-30-40(26-24-34(36)12-1)51-43-18-5-6-19-44(43)52(41-27-25-35-13-2-4-15-37(35)31-41)47-33-39(28-29-45(47)51)38-16-11-17-42(32-38)53-55-48-21-8-7-20-46(48)54-56-49-22-9-10-23-50(49)57(53)54/h1-33H. The van der Waals surface area contributed by atoms with Gasteiger partial charge in [-0.15, -0.1) is 0 Å². The lowest BCUT2D eigenvalue weighted by molar-refractivity contribution is 1.16. The van der Waals surface area contributed by atoms with Gasteiger partial charge in [0.2, 0.25) is 0 Å². The van der Waals surface area contributed by atoms with Gasteiger partial charge in [-0.25, -0.2) is 9.97 Å². The van der Waals surface area contributed by atoms with Crippen molar-refractivity contribution in [2.45, 2.75) is 0 Å². The molecule has 57 heavy (non-hydrogen) atoms. The zero-order valence-corrected chi connectivity index (χ0v) is 30.9. The highest BCUT2D eigenvalue weighted by Gasteiger charge is 2.20. The van der Waals surface area contributed by atoms with Crippen LogP contribution in [0, 0.1) is 0 Å². The molecule has 0 saturated heterocycles. The Labute approximate surface area is 328 Å². The molecule has 0 aliphatic rings. The Morgan fingerprint density at radius 3 is 1.54 bits per heavy atom. The summed E-state index contributed by atoms with van der Waals surface area (Å²) >= 11 is 0. The van der Waals surface area contributed by atoms with Gasteiger partial charge in [0.1, 0.15) is 11.5 Å². The number of nitrogens with zero attached hydrogens (tertiary/aromatic N) is 3. The van der Waals surface area contributed by atoms with Crippen molar-refractivity contribution < 1.29 is 0 Å². The van der Waals surface area contributed by atoms with Crippen molar-refractivity contribution in [3.05, 3.63) is 200 Å². The molecule has 12 rings (SSSR count). The van der Waals surface area contributed by atoms with Crippen molar-refractivity contribution in [3.8, 4) is 44.8 Å². The van der Waals surface area contributed by atoms with E-state index in [0.29, 0.717) is 0 Å². The predicted molar refractivity (Wildman–Crippen MR) is 240 cm³/mol. The van der Waals surface area contributed by atoms with Crippen LogP contribution in [0.3, 0.4) is 0 Å². The smallest absolute Gasteiger partial charge is 0.149 e. The first-order chi connectivity index (χ1) is 28.2. The largest absolute Gasteiger partial charge is 0.276 e. The maximum absolute atomic E-state index is 5.28. The minimum absolute atomic E-state index is 0.876. The number of aromatic nitrogens is 3. The van der Waals surface area contributed by atoms with Gasteiger partial charge >= 0.3 is 0 Å². The monoisotopic (exact) mass is 723 g/mol. The second-order valence-electron chi connectivity index (χ2n) is 15.0. The van der Waals surface area contributed by atoms with Gasteiger partial charge < -0.3 is 0 Å². The Morgan fingerprint density at radius 2 is 0.825 bits per heavy atom. The van der Waals surface area contributed by atoms with Crippen molar-refractivity contribution in [1.29, 1.82) is 0 Å². The lowest BCUT2D eigenvalue weighted by atomic mass is 9.84. The molecule has 0 saturated carbocycles. The number of fused-ring (bicyclic) bond motifs is 9. The first-order valence-corrected chi connectivity index (χ1v) is 19.5. The minimum Gasteiger partial charge on any atom is -0.276 e. The quantitative estimate of drug-likeness (QED) is 0.169. The fraction of sp³-hybridized carbons (Fsp3) is 0. The molecule has 0 unspecified atom stereocenters. The highest BCUT2D eigenvalue weighted by molar-refractivity contribution is 6.22. The van der Waals surface area contributed by atoms with Crippen molar-refractivity contribution in [2.24, 2.45) is 0 Å². The summed E-state index contributed by atoms with van der Waals surface area (Å²) in [7, 11) is 0. The molecule has 0 N–H and O–H groups in total. The number of imidazole rings is 1. The summed E-state index contributed by atoms with van der Waals surface area (Å²) < 4.78 is 2.22. The highest BCUT2D eigenvalue weighted by Crippen LogP contribution is 2.46. The zero-order chi connectivity index (χ0) is 37.5. The molecule has 10 aromatic carbocycles. The average molecular weight is 724 g/mol. The van der Waals surface area contributed by atoms with Gasteiger partial charge in [0.25, 0.3) is 0 Å². The maximum Gasteiger partial charge on any atom is 0.149 e. The normalized spacial score (nSPS) is 11.9. The number of hydrogen-bond acceptors (Lipinski definition) is 2.